The first-order valence-corrected chi connectivity index (χ1v) is 38.0. The molecule has 1 aliphatic rings. The number of Topliss-reactive ketones (excluding diaryl/α,β-unsaturated/α-hetero) is 1. The molecule has 1 heterocycles. The van der Waals surface area contributed by atoms with Crippen molar-refractivity contribution in [3.8, 4) is 0 Å². The average Bonchev–Trinajstić information content (AvgIpc) is 0.824. The highest BCUT2D eigenvalue weighted by Gasteiger charge is 2.43. The van der Waals surface area contributed by atoms with E-state index in [0.717, 1.165) is 34.0 Å². The van der Waals surface area contributed by atoms with Crippen molar-refractivity contribution in [1.82, 2.24) is 56.0 Å². The molecule has 604 valence electrons. The van der Waals surface area contributed by atoms with Crippen LogP contribution in [0.15, 0.2) is 97.6 Å². The fourth-order valence-electron chi connectivity index (χ4n) is 13.2. The molecule has 109 heavy (non-hydrogen) atoms. The number of esters is 1. The quantitative estimate of drug-likeness (QED) is 0.0263. The van der Waals surface area contributed by atoms with Crippen molar-refractivity contribution < 1.29 is 77.0 Å². The lowest BCUT2D eigenvalue weighted by Gasteiger charge is -2.37. The van der Waals surface area contributed by atoms with E-state index in [1.807, 2.05) is 27.7 Å². The van der Waals surface area contributed by atoms with Gasteiger partial charge in [-0.05, 0) is 114 Å². The number of piperidine rings is 1. The van der Waals surface area contributed by atoms with E-state index in [1.165, 1.54) is 71.0 Å². The van der Waals surface area contributed by atoms with Gasteiger partial charge in [0.2, 0.25) is 65.0 Å². The largest absolute Gasteiger partial charge is 0.460 e. The summed E-state index contributed by atoms with van der Waals surface area (Å²) in [7, 11) is 6.84. The number of likely N-dealkylation sites (tertiary alicyclic amines) is 1. The van der Waals surface area contributed by atoms with Crippen LogP contribution in [-0.2, 0) is 84.7 Å². The first-order chi connectivity index (χ1) is 51.0. The van der Waals surface area contributed by atoms with Crippen LogP contribution in [0.3, 0.4) is 0 Å². The minimum Gasteiger partial charge on any atom is -0.460 e. The molecule has 12 atom stereocenters. The lowest BCUT2D eigenvalue weighted by Crippen LogP contribution is -2.61. The molecule has 0 unspecified atom stereocenters. The van der Waals surface area contributed by atoms with Gasteiger partial charge in [0.25, 0.3) is 0 Å². The first kappa shape index (κ1) is 93.8. The van der Waals surface area contributed by atoms with Gasteiger partial charge in [0.05, 0.1) is 25.1 Å². The lowest BCUT2D eigenvalue weighted by atomic mass is 9.87. The summed E-state index contributed by atoms with van der Waals surface area (Å²) in [5.41, 5.74) is 0.972. The number of nitrogens with zero attached hydrogens (tertiary/aromatic N) is 6. The standard InChI is InChI=1S/C82H125N11O16/c1-22-33-57(23-2)46-63(91(20)81(108)70(56(13)95)87-76(103)62(42-50(3)4)90(19)80(107)69(52(7)8)86-72(99)54(11)44-68(98)109-82(14,15)16)74(101)83-49-67(97)88(17)65(43-51(5)6)79(106)92(21)71(53(9)10)66(96)48-60(45-58-34-27-24-28-35-58)73(100)85-61(38-41-94)78(105)89(18)64(47-59-36-29-25-30-37-59)75(102)84-55(12)77(104)93-39-31-26-32-40-93/h22-25,27-30,33-37,41,50-56,60-65,69-71,95H,1-2,26,31-32,38-40,42-49H2,3-21H3,(H,83,101)(H,84,102)(H,85,100)(H,86,99)(H,87,103)/b57-33+/t54-,55+,56-,60-,61+,62+,63+,64+,65+,69+,70+,71+/m1/s1. The number of nitrogens with one attached hydrogen (secondary N) is 5. The molecule has 1 aliphatic heterocycles. The van der Waals surface area contributed by atoms with E-state index in [1.54, 1.807) is 127 Å². The van der Waals surface area contributed by atoms with Gasteiger partial charge in [-0.15, -0.1) is 0 Å². The number of ketones is 1. The summed E-state index contributed by atoms with van der Waals surface area (Å²) in [5, 5.41) is 24.8. The zero-order chi connectivity index (χ0) is 82.5. The van der Waals surface area contributed by atoms with Crippen LogP contribution in [0.5, 0.6) is 0 Å². The van der Waals surface area contributed by atoms with Crippen molar-refractivity contribution in [2.75, 3.05) is 54.9 Å². The van der Waals surface area contributed by atoms with Crippen LogP contribution in [-0.4, -0.2) is 238 Å². The molecule has 0 aromatic heterocycles. The van der Waals surface area contributed by atoms with Crippen LogP contribution in [0.1, 0.15) is 166 Å². The summed E-state index contributed by atoms with van der Waals surface area (Å²) < 4.78 is 5.39. The molecule has 1 saturated heterocycles. The molecule has 6 N–H and O–H groups in total. The van der Waals surface area contributed by atoms with Gasteiger partial charge >= 0.3 is 5.97 Å². The normalized spacial score (nSPS) is 15.8. The minimum absolute atomic E-state index is 0.0155. The van der Waals surface area contributed by atoms with Gasteiger partial charge in [0.1, 0.15) is 60.2 Å². The maximum absolute atomic E-state index is 15.1. The fraction of sp³-hybridized carbons (Fsp3) is 0.610. The van der Waals surface area contributed by atoms with Crippen molar-refractivity contribution >= 4 is 83.0 Å². The third-order valence-electron chi connectivity index (χ3n) is 19.4. The number of carbonyl (C=O) groups excluding carboxylic acids is 14. The van der Waals surface area contributed by atoms with Gasteiger partial charge in [-0.25, -0.2) is 0 Å². The Hall–Kier alpha value is -9.40. The van der Waals surface area contributed by atoms with Crippen molar-refractivity contribution in [2.45, 2.75) is 234 Å². The second kappa shape index (κ2) is 44.9. The summed E-state index contributed by atoms with van der Waals surface area (Å²) in [5.74, 6) is -12.5. The first-order valence-electron chi connectivity index (χ1n) is 38.0. The Morgan fingerprint density at radius 1 is 0.550 bits per heavy atom. The minimum atomic E-state index is -1.72. The Balaban J connectivity index is 1.95. The Labute approximate surface area is 645 Å². The van der Waals surface area contributed by atoms with E-state index in [4.69, 9.17) is 4.74 Å². The van der Waals surface area contributed by atoms with Crippen molar-refractivity contribution in [1.29, 1.82) is 0 Å². The number of hydrogen-bond acceptors (Lipinski definition) is 16. The van der Waals surface area contributed by atoms with Crippen molar-refractivity contribution in [3.63, 3.8) is 0 Å². The zero-order valence-corrected chi connectivity index (χ0v) is 67.9. The summed E-state index contributed by atoms with van der Waals surface area (Å²) in [4.78, 5) is 206. The number of aliphatic hydroxyl groups excluding tert-OH is 1. The molecule has 2 aromatic carbocycles. The number of allylic oxidation sites excluding steroid dienone is 3. The number of hydrogen-bond donors (Lipinski definition) is 6. The van der Waals surface area contributed by atoms with E-state index < -0.39 is 180 Å². The zero-order valence-electron chi connectivity index (χ0n) is 67.9. The number of likely N-dealkylation sites (N-methyl/N-ethyl adjacent to an activating group) is 5. The molecule has 0 saturated carbocycles. The smallest absolute Gasteiger partial charge is 0.307 e. The molecule has 0 radical (unpaired) electrons. The second-order valence-electron chi connectivity index (χ2n) is 31.4. The molecule has 2 aromatic rings. The van der Waals surface area contributed by atoms with Crippen molar-refractivity contribution in [2.24, 2.45) is 35.5 Å². The monoisotopic (exact) mass is 1520 g/mol. The Bertz CT molecular complexity index is 3470. The third kappa shape index (κ3) is 29.5. The summed E-state index contributed by atoms with van der Waals surface area (Å²) >= 11 is 0. The highest BCUT2D eigenvalue weighted by Crippen LogP contribution is 2.26. The Morgan fingerprint density at radius 2 is 1.06 bits per heavy atom. The maximum Gasteiger partial charge on any atom is 0.307 e. The molecular formula is C82H125N11O16. The van der Waals surface area contributed by atoms with E-state index in [-0.39, 0.29) is 56.3 Å². The van der Waals surface area contributed by atoms with Crippen LogP contribution in [0.2, 0.25) is 0 Å². The second-order valence-corrected chi connectivity index (χ2v) is 31.4. The van der Waals surface area contributed by atoms with Crippen LogP contribution in [0, 0.1) is 35.5 Å². The Morgan fingerprint density at radius 3 is 1.57 bits per heavy atom. The molecule has 0 spiro atoms. The molecule has 0 aliphatic carbocycles. The Kier molecular flexibility index (Phi) is 38.7. The molecule has 3 rings (SSSR count). The van der Waals surface area contributed by atoms with Crippen LogP contribution >= 0.6 is 0 Å². The predicted octanol–water partition coefficient (Wildman–Crippen LogP) is 5.70. The van der Waals surface area contributed by atoms with Gasteiger partial charge in [0.15, 0.2) is 5.78 Å². The number of ether oxygens (including phenoxy) is 1. The van der Waals surface area contributed by atoms with Gasteiger partial charge in [0, 0.05) is 85.8 Å². The number of aldehydes is 1. The average molecular weight is 1520 g/mol. The highest BCUT2D eigenvalue weighted by atomic mass is 16.6. The summed E-state index contributed by atoms with van der Waals surface area (Å²) in [6, 6.07) is 6.06. The van der Waals surface area contributed by atoms with Crippen LogP contribution in [0.4, 0.5) is 0 Å². The van der Waals surface area contributed by atoms with Gasteiger partial charge in [-0.2, -0.15) is 0 Å². The maximum atomic E-state index is 15.1. The molecule has 0 bridgehead atoms. The van der Waals surface area contributed by atoms with Gasteiger partial charge in [-0.3, -0.25) is 62.3 Å². The lowest BCUT2D eigenvalue weighted by molar-refractivity contribution is -0.157. The van der Waals surface area contributed by atoms with E-state index in [9.17, 15) is 62.6 Å². The molecule has 1 fully saturated rings. The van der Waals surface area contributed by atoms with Gasteiger partial charge in [-0.1, -0.05) is 154 Å². The molecule has 27 heteroatoms. The van der Waals surface area contributed by atoms with E-state index in [0.29, 0.717) is 36.1 Å². The highest BCUT2D eigenvalue weighted by molar-refractivity contribution is 6.00. The number of benzene rings is 2. The molecule has 27 nitrogen and oxygen atoms in total. The molecule has 11 amide bonds. The van der Waals surface area contributed by atoms with Crippen molar-refractivity contribution in [3.05, 3.63) is 109 Å². The number of rotatable bonds is 43. The third-order valence-corrected chi connectivity index (χ3v) is 19.4. The number of aliphatic hydroxyl groups is 1. The predicted molar refractivity (Wildman–Crippen MR) is 417 cm³/mol. The number of carbonyl (C=O) groups is 14. The van der Waals surface area contributed by atoms with E-state index >= 15 is 9.59 Å². The van der Waals surface area contributed by atoms with E-state index in [2.05, 4.69) is 39.7 Å². The summed E-state index contributed by atoms with van der Waals surface area (Å²) in [6.45, 7) is 31.6. The number of amides is 11. The van der Waals surface area contributed by atoms with Crippen LogP contribution in [0.25, 0.3) is 0 Å². The SMILES string of the molecule is C=C/C=C(\C=C)C[C@@H](C(=O)NCC(=O)N(C)[C@@H](CC(C)C)C(=O)N(C)[C@H](C(=O)C[C@@H](Cc1ccccc1)C(=O)N[C@@H](CC=O)C(=O)N(C)[C@@H](Cc1ccccc1)C(=O)N[C@@H](C)C(=O)N1CCCCC1)C(C)C)N(C)C(=O)[C@@H](NC(=O)[C@H](CC(C)C)N(C)C(=O)[C@@H](NC(=O)[C@H](C)CC(=O)OC(C)(C)C)C(C)C)[C@@H](C)O. The molecular weight excluding hydrogens is 1390 g/mol. The summed E-state index contributed by atoms with van der Waals surface area (Å²) in [6.07, 6.45) is 4.66. The van der Waals surface area contributed by atoms with Crippen LogP contribution < -0.4 is 26.6 Å². The van der Waals surface area contributed by atoms with Gasteiger partial charge < -0.3 is 70.6 Å². The topological polar surface area (TPSA) is 348 Å². The fourth-order valence-corrected chi connectivity index (χ4v) is 13.2.